The van der Waals surface area contributed by atoms with Gasteiger partial charge < -0.3 is 0 Å². The highest BCUT2D eigenvalue weighted by Crippen LogP contribution is 2.39. The lowest BCUT2D eigenvalue weighted by Gasteiger charge is -2.27. The summed E-state index contributed by atoms with van der Waals surface area (Å²) in [6.07, 6.45) is 7.90. The molecule has 0 amide bonds. The fourth-order valence-electron chi connectivity index (χ4n) is 4.70. The lowest BCUT2D eigenvalue weighted by Crippen LogP contribution is -2.13. The van der Waals surface area contributed by atoms with Crippen LogP contribution in [0, 0.1) is 36.1 Å². The van der Waals surface area contributed by atoms with Crippen LogP contribution in [-0.2, 0) is 0 Å². The van der Waals surface area contributed by atoms with E-state index in [1.165, 1.54) is 19.1 Å². The molecule has 0 N–H and O–H groups in total. The van der Waals surface area contributed by atoms with E-state index in [4.69, 9.17) is 0 Å². The Kier molecular flexibility index (Phi) is 6.50. The molecule has 0 radical (unpaired) electrons. The quantitative estimate of drug-likeness (QED) is 0.282. The summed E-state index contributed by atoms with van der Waals surface area (Å²) in [5.41, 5.74) is 1.93. The van der Waals surface area contributed by atoms with Gasteiger partial charge >= 0.3 is 0 Å². The number of rotatable bonds is 4. The van der Waals surface area contributed by atoms with E-state index in [1.807, 2.05) is 6.92 Å². The van der Waals surface area contributed by atoms with Gasteiger partial charge in [-0.1, -0.05) is 60.7 Å². The van der Waals surface area contributed by atoms with Crippen LogP contribution in [0.1, 0.15) is 49.7 Å². The van der Waals surface area contributed by atoms with Gasteiger partial charge in [0.1, 0.15) is 0 Å². The third kappa shape index (κ3) is 4.23. The van der Waals surface area contributed by atoms with Crippen LogP contribution < -0.4 is 0 Å². The van der Waals surface area contributed by atoms with E-state index in [9.17, 15) is 17.6 Å². The van der Waals surface area contributed by atoms with E-state index >= 15 is 0 Å². The summed E-state index contributed by atoms with van der Waals surface area (Å²) >= 11 is 0. The molecular formula is C28H26F4. The highest BCUT2D eigenvalue weighted by Gasteiger charge is 2.25. The average molecular weight is 439 g/mol. The highest BCUT2D eigenvalue weighted by atomic mass is 19.2. The van der Waals surface area contributed by atoms with Gasteiger partial charge in [-0.2, -0.15) is 0 Å². The molecule has 0 bridgehead atoms. The summed E-state index contributed by atoms with van der Waals surface area (Å²) in [7, 11) is 0. The molecular weight excluding hydrogens is 412 g/mol. The molecule has 0 nitrogen and oxygen atoms in total. The summed E-state index contributed by atoms with van der Waals surface area (Å²) in [5.74, 6) is -2.89. The molecule has 4 rings (SSSR count). The van der Waals surface area contributed by atoms with Crippen molar-refractivity contribution in [3.05, 3.63) is 95.1 Å². The van der Waals surface area contributed by atoms with Gasteiger partial charge in [-0.05, 0) is 73.6 Å². The van der Waals surface area contributed by atoms with Crippen molar-refractivity contribution in [3.63, 3.8) is 0 Å². The van der Waals surface area contributed by atoms with Crippen molar-refractivity contribution in [3.8, 4) is 22.3 Å². The first-order chi connectivity index (χ1) is 15.4. The molecule has 0 aliphatic heterocycles. The Morgan fingerprint density at radius 2 is 1.19 bits per heavy atom. The Hall–Kier alpha value is -2.88. The van der Waals surface area contributed by atoms with Gasteiger partial charge in [0.25, 0.3) is 0 Å². The van der Waals surface area contributed by atoms with Crippen molar-refractivity contribution in [1.29, 1.82) is 0 Å². The van der Waals surface area contributed by atoms with Crippen molar-refractivity contribution in [2.24, 2.45) is 5.92 Å². The number of allylic oxidation sites excluding steroid dienone is 2. The lowest BCUT2D eigenvalue weighted by molar-refractivity contribution is 0.364. The van der Waals surface area contributed by atoms with Crippen molar-refractivity contribution in [2.45, 2.75) is 45.4 Å². The molecule has 4 heteroatoms. The monoisotopic (exact) mass is 438 g/mol. The molecule has 0 spiro atoms. The summed E-state index contributed by atoms with van der Waals surface area (Å²) < 4.78 is 58.2. The second kappa shape index (κ2) is 9.32. The molecule has 0 aromatic heterocycles. The molecule has 32 heavy (non-hydrogen) atoms. The predicted octanol–water partition coefficient (Wildman–Crippen LogP) is 8.74. The third-order valence-electron chi connectivity index (χ3n) is 6.57. The standard InChI is InChI=1S/C28H26F4/c1-3-4-18-6-8-19(9-7-18)23-15-16-24(28(32)27(23)31)21-12-10-20(11-13-21)22-14-5-17(2)25(29)26(22)30/h3-5,10-16,18-19H,6-9H2,1-2H3/b4-3+. The first-order valence-corrected chi connectivity index (χ1v) is 11.1. The summed E-state index contributed by atoms with van der Waals surface area (Å²) in [6.45, 7) is 3.50. The Bertz CT molecular complexity index is 1140. The fourth-order valence-corrected chi connectivity index (χ4v) is 4.70. The Labute approximate surface area is 186 Å². The van der Waals surface area contributed by atoms with Crippen LogP contribution in [0.25, 0.3) is 22.3 Å². The van der Waals surface area contributed by atoms with Gasteiger partial charge in [0, 0.05) is 11.1 Å². The van der Waals surface area contributed by atoms with Gasteiger partial charge in [0.05, 0.1) is 0 Å². The summed E-state index contributed by atoms with van der Waals surface area (Å²) in [6, 6.07) is 12.7. The van der Waals surface area contributed by atoms with Crippen molar-refractivity contribution >= 4 is 0 Å². The molecule has 1 aliphatic rings. The van der Waals surface area contributed by atoms with Crippen molar-refractivity contribution in [2.75, 3.05) is 0 Å². The molecule has 3 aromatic carbocycles. The number of aryl methyl sites for hydroxylation is 1. The predicted molar refractivity (Wildman–Crippen MR) is 121 cm³/mol. The second-order valence-corrected chi connectivity index (χ2v) is 8.60. The number of halogens is 4. The Morgan fingerprint density at radius 3 is 1.75 bits per heavy atom. The number of benzene rings is 3. The zero-order chi connectivity index (χ0) is 22.8. The Morgan fingerprint density at radius 1 is 0.656 bits per heavy atom. The molecule has 166 valence electrons. The van der Waals surface area contributed by atoms with E-state index in [-0.39, 0.29) is 22.6 Å². The maximum absolute atomic E-state index is 15.0. The normalized spacial score (nSPS) is 18.9. The first-order valence-electron chi connectivity index (χ1n) is 11.1. The fraction of sp³-hybridized carbons (Fsp3) is 0.286. The second-order valence-electron chi connectivity index (χ2n) is 8.60. The van der Waals surface area contributed by atoms with Crippen LogP contribution in [0.4, 0.5) is 17.6 Å². The number of hydrogen-bond acceptors (Lipinski definition) is 0. The van der Waals surface area contributed by atoms with Crippen molar-refractivity contribution < 1.29 is 17.6 Å². The lowest BCUT2D eigenvalue weighted by atomic mass is 9.78. The first kappa shape index (κ1) is 22.3. The molecule has 0 atom stereocenters. The average Bonchev–Trinajstić information content (AvgIpc) is 2.81. The van der Waals surface area contributed by atoms with E-state index in [1.54, 1.807) is 36.4 Å². The van der Waals surface area contributed by atoms with Crippen LogP contribution in [0.5, 0.6) is 0 Å². The maximum Gasteiger partial charge on any atom is 0.166 e. The topological polar surface area (TPSA) is 0 Å². The molecule has 0 unspecified atom stereocenters. The summed E-state index contributed by atoms with van der Waals surface area (Å²) in [5, 5.41) is 0. The van der Waals surface area contributed by atoms with Gasteiger partial charge in [0.15, 0.2) is 23.3 Å². The molecule has 0 saturated heterocycles. The van der Waals surface area contributed by atoms with Crippen molar-refractivity contribution in [1.82, 2.24) is 0 Å². The third-order valence-corrected chi connectivity index (χ3v) is 6.57. The van der Waals surface area contributed by atoms with Gasteiger partial charge in [0.2, 0.25) is 0 Å². The summed E-state index contributed by atoms with van der Waals surface area (Å²) in [4.78, 5) is 0. The minimum absolute atomic E-state index is 0.0295. The van der Waals surface area contributed by atoms with Crippen LogP contribution >= 0.6 is 0 Å². The highest BCUT2D eigenvalue weighted by molar-refractivity contribution is 5.71. The van der Waals surface area contributed by atoms with E-state index in [2.05, 4.69) is 12.2 Å². The molecule has 3 aromatic rings. The molecule has 1 saturated carbocycles. The minimum atomic E-state index is -0.913. The van der Waals surface area contributed by atoms with Gasteiger partial charge in [-0.25, -0.2) is 17.6 Å². The van der Waals surface area contributed by atoms with Gasteiger partial charge in [-0.15, -0.1) is 0 Å². The van der Waals surface area contributed by atoms with Gasteiger partial charge in [-0.3, -0.25) is 0 Å². The largest absolute Gasteiger partial charge is 0.203 e. The zero-order valence-electron chi connectivity index (χ0n) is 18.3. The van der Waals surface area contributed by atoms with Crippen LogP contribution in [0.3, 0.4) is 0 Å². The van der Waals surface area contributed by atoms with Crippen LogP contribution in [0.2, 0.25) is 0 Å². The van der Waals surface area contributed by atoms with E-state index in [0.29, 0.717) is 22.6 Å². The molecule has 0 heterocycles. The smallest absolute Gasteiger partial charge is 0.166 e. The van der Waals surface area contributed by atoms with E-state index < -0.39 is 23.3 Å². The Balaban J connectivity index is 1.58. The van der Waals surface area contributed by atoms with Crippen LogP contribution in [0.15, 0.2) is 60.7 Å². The number of hydrogen-bond donors (Lipinski definition) is 0. The molecule has 1 fully saturated rings. The SMILES string of the molecule is C/C=C/C1CCC(c2ccc(-c3ccc(-c4ccc(C)c(F)c4F)cc3)c(F)c2F)CC1. The van der Waals surface area contributed by atoms with E-state index in [0.717, 1.165) is 25.7 Å². The molecule has 1 aliphatic carbocycles. The van der Waals surface area contributed by atoms with Crippen LogP contribution in [-0.4, -0.2) is 0 Å². The zero-order valence-corrected chi connectivity index (χ0v) is 18.3. The maximum atomic E-state index is 15.0. The minimum Gasteiger partial charge on any atom is -0.203 e.